The molecule has 1 unspecified atom stereocenters. The van der Waals surface area contributed by atoms with E-state index in [1.54, 1.807) is 7.11 Å². The molecule has 2 N–H and O–H groups in total. The Bertz CT molecular complexity index is 411. The van der Waals surface area contributed by atoms with Gasteiger partial charge in [0.05, 0.1) is 13.2 Å². The van der Waals surface area contributed by atoms with Crippen LogP contribution >= 0.6 is 0 Å². The van der Waals surface area contributed by atoms with E-state index in [0.717, 1.165) is 44.5 Å². The average Bonchev–Trinajstić information content (AvgIpc) is 2.53. The highest BCUT2D eigenvalue weighted by atomic mass is 16.5. The molecule has 4 nitrogen and oxygen atoms in total. The van der Waals surface area contributed by atoms with Crippen LogP contribution in [0.15, 0.2) is 24.3 Å². The lowest BCUT2D eigenvalue weighted by Crippen LogP contribution is -2.46. The predicted octanol–water partition coefficient (Wildman–Crippen LogP) is 1.89. The van der Waals surface area contributed by atoms with Crippen LogP contribution in [-0.4, -0.2) is 32.1 Å². The van der Waals surface area contributed by atoms with Crippen molar-refractivity contribution in [1.82, 2.24) is 10.6 Å². The molecule has 1 aromatic carbocycles. The molecule has 1 fully saturated rings. The van der Waals surface area contributed by atoms with Gasteiger partial charge in [0.1, 0.15) is 5.75 Å². The number of hydrogen-bond acceptors (Lipinski definition) is 3. The highest BCUT2D eigenvalue weighted by molar-refractivity contribution is 5.81. The Labute approximate surface area is 120 Å². The average molecular weight is 276 g/mol. The molecule has 1 aromatic rings. The number of rotatable bonds is 6. The minimum atomic E-state index is 0.0183. The zero-order valence-electron chi connectivity index (χ0n) is 12.2. The number of carbonyl (C=O) groups excluding carboxylic acids is 1. The van der Waals surface area contributed by atoms with Crippen molar-refractivity contribution in [3.05, 3.63) is 29.8 Å². The fourth-order valence-corrected chi connectivity index (χ4v) is 2.50. The molecule has 2 rings (SSSR count). The molecule has 0 spiro atoms. The summed E-state index contributed by atoms with van der Waals surface area (Å²) in [4.78, 5) is 11.9. The van der Waals surface area contributed by atoms with Gasteiger partial charge < -0.3 is 15.4 Å². The summed E-state index contributed by atoms with van der Waals surface area (Å²) in [7, 11) is 1.67. The Morgan fingerprint density at radius 1 is 1.35 bits per heavy atom. The molecule has 0 radical (unpaired) electrons. The van der Waals surface area contributed by atoms with E-state index < -0.39 is 0 Å². The number of nitrogens with one attached hydrogen (secondary N) is 2. The van der Waals surface area contributed by atoms with Crippen molar-refractivity contribution in [2.24, 2.45) is 0 Å². The van der Waals surface area contributed by atoms with Gasteiger partial charge >= 0.3 is 0 Å². The Balaban J connectivity index is 1.64. The maximum atomic E-state index is 11.9. The summed E-state index contributed by atoms with van der Waals surface area (Å²) < 4.78 is 5.13. The van der Waals surface area contributed by atoms with Gasteiger partial charge in [-0.3, -0.25) is 4.79 Å². The largest absolute Gasteiger partial charge is 0.497 e. The van der Waals surface area contributed by atoms with Crippen molar-refractivity contribution in [2.75, 3.05) is 20.2 Å². The summed E-state index contributed by atoms with van der Waals surface area (Å²) in [6, 6.07) is 8.11. The zero-order valence-corrected chi connectivity index (χ0v) is 12.2. The van der Waals surface area contributed by atoms with Crippen LogP contribution in [0.1, 0.15) is 31.2 Å². The molecule has 4 heteroatoms. The normalized spacial score (nSPS) is 18.6. The van der Waals surface area contributed by atoms with Crippen molar-refractivity contribution < 1.29 is 9.53 Å². The van der Waals surface area contributed by atoms with Gasteiger partial charge in [0.25, 0.3) is 0 Å². The maximum absolute atomic E-state index is 11.9. The molecule has 1 atom stereocenters. The van der Waals surface area contributed by atoms with Crippen molar-refractivity contribution in [3.63, 3.8) is 0 Å². The van der Waals surface area contributed by atoms with Gasteiger partial charge in [0.2, 0.25) is 5.91 Å². The summed E-state index contributed by atoms with van der Waals surface area (Å²) in [5.41, 5.74) is 1.27. The Hall–Kier alpha value is -1.55. The SMILES string of the molecule is COc1ccc(CCCNC(=O)C2CCCCN2)cc1. The van der Waals surface area contributed by atoms with Gasteiger partial charge in [-0.1, -0.05) is 18.6 Å². The molecular formula is C16H24N2O2. The second-order valence-corrected chi connectivity index (χ2v) is 5.25. The van der Waals surface area contributed by atoms with Gasteiger partial charge in [0, 0.05) is 6.54 Å². The third kappa shape index (κ3) is 4.53. The van der Waals surface area contributed by atoms with E-state index in [-0.39, 0.29) is 11.9 Å². The van der Waals surface area contributed by atoms with Gasteiger partial charge in [0.15, 0.2) is 0 Å². The first kappa shape index (κ1) is 14.9. The number of methoxy groups -OCH3 is 1. The lowest BCUT2D eigenvalue weighted by molar-refractivity contribution is -0.123. The van der Waals surface area contributed by atoms with E-state index in [1.807, 2.05) is 12.1 Å². The summed E-state index contributed by atoms with van der Waals surface area (Å²) in [5, 5.41) is 6.28. The summed E-state index contributed by atoms with van der Waals surface area (Å²) in [6.45, 7) is 1.70. The van der Waals surface area contributed by atoms with Crippen LogP contribution in [0, 0.1) is 0 Å². The Morgan fingerprint density at radius 3 is 2.80 bits per heavy atom. The number of piperidine rings is 1. The van der Waals surface area contributed by atoms with Crippen LogP contribution < -0.4 is 15.4 Å². The first-order valence-electron chi connectivity index (χ1n) is 7.43. The zero-order chi connectivity index (χ0) is 14.2. The number of hydrogen-bond donors (Lipinski definition) is 2. The lowest BCUT2D eigenvalue weighted by Gasteiger charge is -2.22. The van der Waals surface area contributed by atoms with Crippen molar-refractivity contribution in [1.29, 1.82) is 0 Å². The Kier molecular flexibility index (Phi) is 5.87. The van der Waals surface area contributed by atoms with Gasteiger partial charge in [-0.25, -0.2) is 0 Å². The van der Waals surface area contributed by atoms with Crippen molar-refractivity contribution in [2.45, 2.75) is 38.1 Å². The number of amides is 1. The van der Waals surface area contributed by atoms with Crippen molar-refractivity contribution >= 4 is 5.91 Å². The maximum Gasteiger partial charge on any atom is 0.237 e. The fraction of sp³-hybridized carbons (Fsp3) is 0.562. The summed E-state index contributed by atoms with van der Waals surface area (Å²) in [5.74, 6) is 1.03. The molecule has 1 aliphatic rings. The van der Waals surface area contributed by atoms with Gasteiger partial charge in [-0.2, -0.15) is 0 Å². The first-order chi connectivity index (χ1) is 9.79. The smallest absolute Gasteiger partial charge is 0.237 e. The van der Waals surface area contributed by atoms with Gasteiger partial charge in [-0.05, 0) is 49.9 Å². The van der Waals surface area contributed by atoms with Crippen molar-refractivity contribution in [3.8, 4) is 5.75 Å². The van der Waals surface area contributed by atoms with E-state index in [1.165, 1.54) is 12.0 Å². The van der Waals surface area contributed by atoms with E-state index in [0.29, 0.717) is 0 Å². The highest BCUT2D eigenvalue weighted by Crippen LogP contribution is 2.12. The van der Waals surface area contributed by atoms with Crippen LogP contribution in [0.5, 0.6) is 5.75 Å². The number of carbonyl (C=O) groups is 1. The molecule has 1 aliphatic heterocycles. The van der Waals surface area contributed by atoms with Crippen LogP contribution in [-0.2, 0) is 11.2 Å². The lowest BCUT2D eigenvalue weighted by atomic mass is 10.0. The topological polar surface area (TPSA) is 50.4 Å². The minimum absolute atomic E-state index is 0.0183. The summed E-state index contributed by atoms with van der Waals surface area (Å²) >= 11 is 0. The molecule has 1 heterocycles. The Morgan fingerprint density at radius 2 is 2.15 bits per heavy atom. The van der Waals surface area contributed by atoms with E-state index in [2.05, 4.69) is 22.8 Å². The second kappa shape index (κ2) is 7.90. The number of aryl methyl sites for hydroxylation is 1. The molecular weight excluding hydrogens is 252 g/mol. The monoisotopic (exact) mass is 276 g/mol. The first-order valence-corrected chi connectivity index (χ1v) is 7.43. The highest BCUT2D eigenvalue weighted by Gasteiger charge is 2.19. The molecule has 110 valence electrons. The van der Waals surface area contributed by atoms with E-state index in [4.69, 9.17) is 4.74 Å². The third-order valence-corrected chi connectivity index (χ3v) is 3.73. The molecule has 0 aromatic heterocycles. The van der Waals surface area contributed by atoms with Crippen LogP contribution in [0.4, 0.5) is 0 Å². The molecule has 1 amide bonds. The number of benzene rings is 1. The molecule has 0 aliphatic carbocycles. The van der Waals surface area contributed by atoms with Gasteiger partial charge in [-0.15, -0.1) is 0 Å². The predicted molar refractivity (Wildman–Crippen MR) is 80.0 cm³/mol. The van der Waals surface area contributed by atoms with E-state index >= 15 is 0 Å². The van der Waals surface area contributed by atoms with Crippen LogP contribution in [0.25, 0.3) is 0 Å². The minimum Gasteiger partial charge on any atom is -0.497 e. The molecule has 0 bridgehead atoms. The van der Waals surface area contributed by atoms with Crippen LogP contribution in [0.3, 0.4) is 0 Å². The van der Waals surface area contributed by atoms with Crippen LogP contribution in [0.2, 0.25) is 0 Å². The molecule has 0 saturated carbocycles. The third-order valence-electron chi connectivity index (χ3n) is 3.73. The summed E-state index contributed by atoms with van der Waals surface area (Å²) in [6.07, 6.45) is 5.23. The quantitative estimate of drug-likeness (QED) is 0.780. The second-order valence-electron chi connectivity index (χ2n) is 5.25. The van der Waals surface area contributed by atoms with E-state index in [9.17, 15) is 4.79 Å². The molecule has 1 saturated heterocycles. The molecule has 20 heavy (non-hydrogen) atoms. The number of ether oxygens (including phenoxy) is 1. The standard InChI is InChI=1S/C16H24N2O2/c1-20-14-9-7-13(8-10-14)5-4-12-18-16(19)15-6-2-3-11-17-15/h7-10,15,17H,2-6,11-12H2,1H3,(H,18,19). The fourth-order valence-electron chi connectivity index (χ4n) is 2.50.